The second-order valence-electron chi connectivity index (χ2n) is 4.86. The molecule has 2 N–H and O–H groups in total. The zero-order valence-corrected chi connectivity index (χ0v) is 12.8. The first-order valence-corrected chi connectivity index (χ1v) is 7.38. The predicted molar refractivity (Wildman–Crippen MR) is 87.2 cm³/mol. The number of methoxy groups -OCH3 is 1. The number of ether oxygens (including phenoxy) is 2. The lowest BCUT2D eigenvalue weighted by Crippen LogP contribution is -2.35. The van der Waals surface area contributed by atoms with Crippen molar-refractivity contribution in [3.05, 3.63) is 42.5 Å². The van der Waals surface area contributed by atoms with E-state index in [2.05, 4.69) is 10.6 Å². The van der Waals surface area contributed by atoms with Crippen LogP contribution in [0.15, 0.2) is 42.5 Å². The van der Waals surface area contributed by atoms with Crippen molar-refractivity contribution < 1.29 is 14.3 Å². The minimum atomic E-state index is -0.124. The normalized spacial score (nSPS) is 10.6. The molecule has 0 unspecified atom stereocenters. The molecule has 5 nitrogen and oxygen atoms in total. The Morgan fingerprint density at radius 1 is 1.05 bits per heavy atom. The predicted octanol–water partition coefficient (Wildman–Crippen LogP) is 1.57. The fourth-order valence-corrected chi connectivity index (χ4v) is 2.11. The molecule has 0 heterocycles. The Labute approximate surface area is 130 Å². The summed E-state index contributed by atoms with van der Waals surface area (Å²) in [5, 5.41) is 8.08. The number of hydrogen-bond acceptors (Lipinski definition) is 4. The highest BCUT2D eigenvalue weighted by Gasteiger charge is 2.05. The van der Waals surface area contributed by atoms with Gasteiger partial charge in [0, 0.05) is 32.1 Å². The first-order valence-electron chi connectivity index (χ1n) is 7.38. The van der Waals surface area contributed by atoms with Crippen molar-refractivity contribution in [3.63, 3.8) is 0 Å². The maximum absolute atomic E-state index is 11.8. The van der Waals surface area contributed by atoms with Crippen LogP contribution in [0.1, 0.15) is 0 Å². The van der Waals surface area contributed by atoms with E-state index in [0.717, 1.165) is 23.1 Å². The zero-order chi connectivity index (χ0) is 15.6. The summed E-state index contributed by atoms with van der Waals surface area (Å²) in [6, 6.07) is 13.8. The fraction of sp³-hybridized carbons (Fsp3) is 0.353. The van der Waals surface area contributed by atoms with E-state index in [4.69, 9.17) is 9.47 Å². The number of nitrogens with one attached hydrogen (secondary N) is 2. The molecule has 0 bridgehead atoms. The molecule has 0 fully saturated rings. The van der Waals surface area contributed by atoms with E-state index >= 15 is 0 Å². The molecular formula is C17H22N2O3. The molecule has 22 heavy (non-hydrogen) atoms. The highest BCUT2D eigenvalue weighted by Crippen LogP contribution is 2.24. The molecule has 0 aliphatic heterocycles. The minimum absolute atomic E-state index is 0.0199. The van der Waals surface area contributed by atoms with Gasteiger partial charge < -0.3 is 20.1 Å². The first-order chi connectivity index (χ1) is 10.8. The van der Waals surface area contributed by atoms with Gasteiger partial charge >= 0.3 is 0 Å². The van der Waals surface area contributed by atoms with Gasteiger partial charge in [0.2, 0.25) is 0 Å². The SMILES string of the molecule is COCCNCCNC(=O)COc1cccc2ccccc12. The maximum atomic E-state index is 11.8. The van der Waals surface area contributed by atoms with Gasteiger partial charge in [0.25, 0.3) is 5.91 Å². The van der Waals surface area contributed by atoms with E-state index in [1.165, 1.54) is 0 Å². The van der Waals surface area contributed by atoms with Gasteiger partial charge in [-0.2, -0.15) is 0 Å². The molecule has 0 spiro atoms. The molecule has 0 aliphatic rings. The largest absolute Gasteiger partial charge is 0.483 e. The van der Waals surface area contributed by atoms with Crippen LogP contribution >= 0.6 is 0 Å². The van der Waals surface area contributed by atoms with Crippen molar-refractivity contribution in [2.75, 3.05) is 40.0 Å². The molecule has 5 heteroatoms. The Kier molecular flexibility index (Phi) is 6.67. The summed E-state index contributed by atoms with van der Waals surface area (Å²) in [5.74, 6) is 0.605. The van der Waals surface area contributed by atoms with E-state index in [-0.39, 0.29) is 12.5 Å². The second kappa shape index (κ2) is 9.02. The van der Waals surface area contributed by atoms with Crippen molar-refractivity contribution in [2.24, 2.45) is 0 Å². The Bertz CT molecular complexity index is 596. The summed E-state index contributed by atoms with van der Waals surface area (Å²) >= 11 is 0. The third kappa shape index (κ3) is 5.02. The van der Waals surface area contributed by atoms with Crippen LogP contribution in [0.5, 0.6) is 5.75 Å². The quantitative estimate of drug-likeness (QED) is 0.690. The van der Waals surface area contributed by atoms with Gasteiger partial charge in [-0.25, -0.2) is 0 Å². The molecule has 0 saturated heterocycles. The second-order valence-corrected chi connectivity index (χ2v) is 4.86. The van der Waals surface area contributed by atoms with E-state index in [9.17, 15) is 4.79 Å². The minimum Gasteiger partial charge on any atom is -0.483 e. The summed E-state index contributed by atoms with van der Waals surface area (Å²) < 4.78 is 10.5. The molecule has 2 aromatic carbocycles. The highest BCUT2D eigenvalue weighted by atomic mass is 16.5. The number of fused-ring (bicyclic) bond motifs is 1. The molecule has 0 aromatic heterocycles. The monoisotopic (exact) mass is 302 g/mol. The third-order valence-electron chi connectivity index (χ3n) is 3.22. The number of benzene rings is 2. The molecule has 2 aromatic rings. The van der Waals surface area contributed by atoms with Gasteiger partial charge in [-0.3, -0.25) is 4.79 Å². The van der Waals surface area contributed by atoms with E-state index in [0.29, 0.717) is 19.7 Å². The topological polar surface area (TPSA) is 59.6 Å². The van der Waals surface area contributed by atoms with E-state index in [1.54, 1.807) is 7.11 Å². The van der Waals surface area contributed by atoms with Crippen LogP contribution < -0.4 is 15.4 Å². The Hall–Kier alpha value is -2.11. The number of hydrogen-bond donors (Lipinski definition) is 2. The lowest BCUT2D eigenvalue weighted by atomic mass is 10.1. The fourth-order valence-electron chi connectivity index (χ4n) is 2.11. The van der Waals surface area contributed by atoms with Crippen LogP contribution in [0.3, 0.4) is 0 Å². The van der Waals surface area contributed by atoms with E-state index in [1.807, 2.05) is 42.5 Å². The van der Waals surface area contributed by atoms with Gasteiger partial charge in [0.15, 0.2) is 6.61 Å². The van der Waals surface area contributed by atoms with Crippen molar-refractivity contribution in [3.8, 4) is 5.75 Å². The zero-order valence-electron chi connectivity index (χ0n) is 12.8. The van der Waals surface area contributed by atoms with Crippen LogP contribution in [-0.4, -0.2) is 45.9 Å². The summed E-state index contributed by atoms with van der Waals surface area (Å²) in [7, 11) is 1.66. The average Bonchev–Trinajstić information content (AvgIpc) is 2.56. The summed E-state index contributed by atoms with van der Waals surface area (Å²) in [6.45, 7) is 2.74. The average molecular weight is 302 g/mol. The van der Waals surface area contributed by atoms with Crippen LogP contribution in [-0.2, 0) is 9.53 Å². The molecule has 1 amide bonds. The van der Waals surface area contributed by atoms with Crippen LogP contribution in [0, 0.1) is 0 Å². The summed E-state index contributed by atoms with van der Waals surface area (Å²) in [4.78, 5) is 11.8. The molecule has 2 rings (SSSR count). The highest BCUT2D eigenvalue weighted by molar-refractivity contribution is 5.88. The lowest BCUT2D eigenvalue weighted by Gasteiger charge is -2.10. The van der Waals surface area contributed by atoms with Crippen molar-refractivity contribution in [1.29, 1.82) is 0 Å². The molecule has 0 radical (unpaired) electrons. The molecule has 0 aliphatic carbocycles. The standard InChI is InChI=1S/C17H22N2O3/c1-21-12-11-18-9-10-19-17(20)13-22-16-8-4-6-14-5-2-3-7-15(14)16/h2-8,18H,9-13H2,1H3,(H,19,20). The number of carbonyl (C=O) groups excluding carboxylic acids is 1. The third-order valence-corrected chi connectivity index (χ3v) is 3.22. The Balaban J connectivity index is 1.74. The number of carbonyl (C=O) groups is 1. The molecule has 0 atom stereocenters. The first kappa shape index (κ1) is 16.3. The van der Waals surface area contributed by atoms with Crippen LogP contribution in [0.2, 0.25) is 0 Å². The Morgan fingerprint density at radius 3 is 2.73 bits per heavy atom. The van der Waals surface area contributed by atoms with Gasteiger partial charge in [-0.1, -0.05) is 36.4 Å². The van der Waals surface area contributed by atoms with Gasteiger partial charge in [-0.15, -0.1) is 0 Å². The Morgan fingerprint density at radius 2 is 1.86 bits per heavy atom. The number of amides is 1. The van der Waals surface area contributed by atoms with Crippen molar-refractivity contribution in [1.82, 2.24) is 10.6 Å². The summed E-state index contributed by atoms with van der Waals surface area (Å²) in [6.07, 6.45) is 0. The lowest BCUT2D eigenvalue weighted by molar-refractivity contribution is -0.123. The van der Waals surface area contributed by atoms with Crippen LogP contribution in [0.4, 0.5) is 0 Å². The van der Waals surface area contributed by atoms with Gasteiger partial charge in [0.05, 0.1) is 6.61 Å². The molecule has 118 valence electrons. The smallest absolute Gasteiger partial charge is 0.257 e. The van der Waals surface area contributed by atoms with Gasteiger partial charge in [0.1, 0.15) is 5.75 Å². The van der Waals surface area contributed by atoms with E-state index < -0.39 is 0 Å². The van der Waals surface area contributed by atoms with Gasteiger partial charge in [-0.05, 0) is 11.5 Å². The van der Waals surface area contributed by atoms with Crippen LogP contribution in [0.25, 0.3) is 10.8 Å². The van der Waals surface area contributed by atoms with Crippen molar-refractivity contribution >= 4 is 16.7 Å². The number of rotatable bonds is 9. The van der Waals surface area contributed by atoms with Crippen molar-refractivity contribution in [2.45, 2.75) is 0 Å². The molecule has 0 saturated carbocycles. The summed E-state index contributed by atoms with van der Waals surface area (Å²) in [5.41, 5.74) is 0. The molecular weight excluding hydrogens is 280 g/mol. The maximum Gasteiger partial charge on any atom is 0.257 e.